The van der Waals surface area contributed by atoms with Gasteiger partial charge in [0.05, 0.1) is 12.1 Å². The molecule has 0 saturated carbocycles. The summed E-state index contributed by atoms with van der Waals surface area (Å²) in [5, 5.41) is 0.814. The molecule has 1 aromatic carbocycles. The van der Waals surface area contributed by atoms with Gasteiger partial charge in [0.2, 0.25) is 0 Å². The smallest absolute Gasteiger partial charge is 0.269 e. The molecule has 1 saturated heterocycles. The Balaban J connectivity index is 1.96. The van der Waals surface area contributed by atoms with Crippen molar-refractivity contribution in [3.63, 3.8) is 0 Å². The highest BCUT2D eigenvalue weighted by Crippen LogP contribution is 2.32. The van der Waals surface area contributed by atoms with Gasteiger partial charge in [-0.25, -0.2) is 5.84 Å². The van der Waals surface area contributed by atoms with E-state index in [0.717, 1.165) is 30.5 Å². The van der Waals surface area contributed by atoms with Gasteiger partial charge in [-0.1, -0.05) is 32.0 Å². The summed E-state index contributed by atoms with van der Waals surface area (Å²) in [5.74, 6) is 5.71. The Morgan fingerprint density at radius 1 is 1.43 bits per heavy atom. The van der Waals surface area contributed by atoms with Gasteiger partial charge < -0.3 is 4.42 Å². The zero-order valence-electron chi connectivity index (χ0n) is 12.5. The van der Waals surface area contributed by atoms with Gasteiger partial charge in [0.15, 0.2) is 0 Å². The number of carbonyl (C=O) groups excluding carboxylic acids is 1. The zero-order valence-corrected chi connectivity index (χ0v) is 12.5. The fraction of sp³-hybridized carbons (Fsp3) is 0.438. The lowest BCUT2D eigenvalue weighted by Gasteiger charge is -2.19. The van der Waals surface area contributed by atoms with Crippen molar-refractivity contribution < 1.29 is 9.21 Å². The summed E-state index contributed by atoms with van der Waals surface area (Å²) in [5.41, 5.74) is 3.83. The average Bonchev–Trinajstić information content (AvgIpc) is 2.98. The number of nitrogens with two attached hydrogens (primary N) is 1. The van der Waals surface area contributed by atoms with E-state index in [4.69, 9.17) is 10.3 Å². The number of nitrogens with zero attached hydrogens (tertiary/aromatic N) is 1. The molecule has 0 spiro atoms. The summed E-state index contributed by atoms with van der Waals surface area (Å²) in [4.78, 5) is 14.4. The maximum absolute atomic E-state index is 12.1. The van der Waals surface area contributed by atoms with Crippen molar-refractivity contribution in [1.82, 2.24) is 10.3 Å². The SMILES string of the molecule is CC1(C)CCN(Cc2oc3ccccc3c2C(=O)NN)C1. The number of fused-ring (bicyclic) bond motifs is 1. The minimum absolute atomic E-state index is 0.298. The molecule has 0 bridgehead atoms. The molecular weight excluding hydrogens is 266 g/mol. The van der Waals surface area contributed by atoms with Crippen molar-refractivity contribution in [2.24, 2.45) is 11.3 Å². The zero-order chi connectivity index (χ0) is 15.0. The van der Waals surface area contributed by atoms with E-state index in [2.05, 4.69) is 24.2 Å². The summed E-state index contributed by atoms with van der Waals surface area (Å²) in [6.45, 7) is 7.20. The first-order chi connectivity index (χ1) is 10.00. The summed E-state index contributed by atoms with van der Waals surface area (Å²) in [7, 11) is 0. The summed E-state index contributed by atoms with van der Waals surface area (Å²) in [6, 6.07) is 7.56. The molecule has 5 nitrogen and oxygen atoms in total. The maximum atomic E-state index is 12.1. The monoisotopic (exact) mass is 287 g/mol. The number of rotatable bonds is 3. The number of benzene rings is 1. The lowest BCUT2D eigenvalue weighted by molar-refractivity contribution is 0.0951. The Bertz CT molecular complexity index is 675. The molecule has 1 amide bonds. The third-order valence-electron chi connectivity index (χ3n) is 4.15. The third kappa shape index (κ3) is 2.66. The number of hydrogen-bond donors (Lipinski definition) is 2. The van der Waals surface area contributed by atoms with Crippen LogP contribution in [-0.4, -0.2) is 23.9 Å². The standard InChI is InChI=1S/C16H21N3O2/c1-16(2)7-8-19(10-16)9-13-14(15(20)18-17)11-5-3-4-6-12(11)21-13/h3-6H,7-10,17H2,1-2H3,(H,18,20). The second-order valence-corrected chi connectivity index (χ2v) is 6.49. The molecule has 112 valence electrons. The number of furan rings is 1. The molecule has 3 N–H and O–H groups in total. The Kier molecular flexibility index (Phi) is 3.47. The number of carbonyl (C=O) groups is 1. The molecule has 2 heterocycles. The quantitative estimate of drug-likeness (QED) is 0.516. The number of para-hydroxylation sites is 1. The Labute approximate surface area is 124 Å². The molecule has 1 aromatic heterocycles. The second kappa shape index (κ2) is 5.16. The average molecular weight is 287 g/mol. The van der Waals surface area contributed by atoms with Gasteiger partial charge in [-0.2, -0.15) is 0 Å². The highest BCUT2D eigenvalue weighted by Gasteiger charge is 2.31. The summed E-state index contributed by atoms with van der Waals surface area (Å²) in [6.07, 6.45) is 1.16. The van der Waals surface area contributed by atoms with Gasteiger partial charge in [-0.3, -0.25) is 15.1 Å². The van der Waals surface area contributed by atoms with Crippen LogP contribution in [0.5, 0.6) is 0 Å². The molecule has 0 radical (unpaired) electrons. The number of hydrazine groups is 1. The molecule has 2 aromatic rings. The van der Waals surface area contributed by atoms with E-state index in [1.54, 1.807) is 0 Å². The third-order valence-corrected chi connectivity index (χ3v) is 4.15. The van der Waals surface area contributed by atoms with Crippen LogP contribution in [0.25, 0.3) is 11.0 Å². The topological polar surface area (TPSA) is 71.5 Å². The molecular formula is C16H21N3O2. The molecule has 0 atom stereocenters. The van der Waals surface area contributed by atoms with Gasteiger partial charge in [0.1, 0.15) is 11.3 Å². The molecule has 5 heteroatoms. The first-order valence-electron chi connectivity index (χ1n) is 7.24. The molecule has 0 unspecified atom stereocenters. The van der Waals surface area contributed by atoms with E-state index in [9.17, 15) is 4.79 Å². The van der Waals surface area contributed by atoms with Gasteiger partial charge in [0, 0.05) is 11.9 Å². The highest BCUT2D eigenvalue weighted by atomic mass is 16.3. The largest absolute Gasteiger partial charge is 0.459 e. The summed E-state index contributed by atoms with van der Waals surface area (Å²) < 4.78 is 5.89. The van der Waals surface area contributed by atoms with Crippen molar-refractivity contribution in [1.29, 1.82) is 0 Å². The highest BCUT2D eigenvalue weighted by molar-refractivity contribution is 6.07. The van der Waals surface area contributed by atoms with Gasteiger partial charge in [-0.05, 0) is 24.4 Å². The van der Waals surface area contributed by atoms with Crippen molar-refractivity contribution in [2.45, 2.75) is 26.8 Å². The van der Waals surface area contributed by atoms with E-state index in [1.165, 1.54) is 0 Å². The minimum atomic E-state index is -0.298. The van der Waals surface area contributed by atoms with Gasteiger partial charge in [0.25, 0.3) is 5.91 Å². The summed E-state index contributed by atoms with van der Waals surface area (Å²) >= 11 is 0. The Morgan fingerprint density at radius 3 is 2.86 bits per heavy atom. The van der Waals surface area contributed by atoms with Crippen molar-refractivity contribution in [3.05, 3.63) is 35.6 Å². The molecule has 3 rings (SSSR count). The van der Waals surface area contributed by atoms with E-state index in [0.29, 0.717) is 23.3 Å². The van der Waals surface area contributed by atoms with Crippen LogP contribution in [-0.2, 0) is 6.54 Å². The lowest BCUT2D eigenvalue weighted by atomic mass is 9.93. The van der Waals surface area contributed by atoms with Crippen LogP contribution >= 0.6 is 0 Å². The molecule has 1 fully saturated rings. The number of hydrogen-bond acceptors (Lipinski definition) is 4. The maximum Gasteiger partial charge on any atom is 0.269 e. The number of likely N-dealkylation sites (tertiary alicyclic amines) is 1. The van der Waals surface area contributed by atoms with Gasteiger partial charge in [-0.15, -0.1) is 0 Å². The first-order valence-corrected chi connectivity index (χ1v) is 7.24. The first kappa shape index (κ1) is 14.1. The molecule has 1 aliphatic heterocycles. The Hall–Kier alpha value is -1.85. The Morgan fingerprint density at radius 2 is 2.19 bits per heavy atom. The van der Waals surface area contributed by atoms with Crippen molar-refractivity contribution in [3.8, 4) is 0 Å². The van der Waals surface area contributed by atoms with Crippen molar-refractivity contribution in [2.75, 3.05) is 13.1 Å². The van der Waals surface area contributed by atoms with Crippen LogP contribution in [0.15, 0.2) is 28.7 Å². The fourth-order valence-corrected chi connectivity index (χ4v) is 3.09. The van der Waals surface area contributed by atoms with Crippen LogP contribution in [0, 0.1) is 5.41 Å². The molecule has 1 aliphatic rings. The van der Waals surface area contributed by atoms with Crippen LogP contribution < -0.4 is 11.3 Å². The number of amides is 1. The van der Waals surface area contributed by atoms with Crippen molar-refractivity contribution >= 4 is 16.9 Å². The van der Waals surface area contributed by atoms with Crippen LogP contribution in [0.2, 0.25) is 0 Å². The number of nitrogen functional groups attached to an aromatic ring is 1. The fourth-order valence-electron chi connectivity index (χ4n) is 3.09. The van der Waals surface area contributed by atoms with Crippen LogP contribution in [0.1, 0.15) is 36.4 Å². The van der Waals surface area contributed by atoms with Crippen LogP contribution in [0.3, 0.4) is 0 Å². The van der Waals surface area contributed by atoms with Crippen LogP contribution in [0.4, 0.5) is 0 Å². The molecule has 0 aliphatic carbocycles. The predicted octanol–water partition coefficient (Wildman–Crippen LogP) is 2.27. The van der Waals surface area contributed by atoms with E-state index >= 15 is 0 Å². The normalized spacial score (nSPS) is 18.2. The predicted molar refractivity (Wildman–Crippen MR) is 81.5 cm³/mol. The molecule has 21 heavy (non-hydrogen) atoms. The van der Waals surface area contributed by atoms with E-state index in [1.807, 2.05) is 24.3 Å². The van der Waals surface area contributed by atoms with Gasteiger partial charge >= 0.3 is 0 Å². The lowest BCUT2D eigenvalue weighted by Crippen LogP contribution is -2.31. The van der Waals surface area contributed by atoms with E-state index < -0.39 is 0 Å². The second-order valence-electron chi connectivity index (χ2n) is 6.49. The van der Waals surface area contributed by atoms with E-state index in [-0.39, 0.29) is 5.91 Å². The minimum Gasteiger partial charge on any atom is -0.459 e. The number of nitrogens with one attached hydrogen (secondary N) is 1.